The number of hydrogen-bond acceptors (Lipinski definition) is 2. The van der Waals surface area contributed by atoms with Crippen molar-refractivity contribution < 1.29 is 18.3 Å². The van der Waals surface area contributed by atoms with Gasteiger partial charge in [-0.15, -0.1) is 0 Å². The molecule has 2 aromatic carbocycles. The van der Waals surface area contributed by atoms with Crippen molar-refractivity contribution in [3.05, 3.63) is 58.7 Å². The number of halogens is 3. The van der Waals surface area contributed by atoms with Crippen LogP contribution in [-0.2, 0) is 0 Å². The van der Waals surface area contributed by atoms with Crippen LogP contribution < -0.4 is 10.1 Å². The Hall–Kier alpha value is -2.60. The van der Waals surface area contributed by atoms with E-state index in [0.717, 1.165) is 12.1 Å². The van der Waals surface area contributed by atoms with Crippen molar-refractivity contribution in [1.82, 2.24) is 4.98 Å². The summed E-state index contributed by atoms with van der Waals surface area (Å²) >= 11 is 6.19. The van der Waals surface area contributed by atoms with Gasteiger partial charge in [0.2, 0.25) is 0 Å². The minimum atomic E-state index is -0.979. The highest BCUT2D eigenvalue weighted by molar-refractivity contribution is 6.32. The molecule has 0 radical (unpaired) electrons. The Morgan fingerprint density at radius 1 is 1.23 bits per heavy atom. The summed E-state index contributed by atoms with van der Waals surface area (Å²) in [6.07, 6.45) is 3.83. The van der Waals surface area contributed by atoms with Crippen molar-refractivity contribution in [2.45, 2.75) is 12.8 Å². The van der Waals surface area contributed by atoms with Crippen LogP contribution in [0.4, 0.5) is 14.5 Å². The summed E-state index contributed by atoms with van der Waals surface area (Å²) in [6.45, 7) is 0.628. The topological polar surface area (TPSA) is 54.1 Å². The molecule has 1 aliphatic rings. The average Bonchev–Trinajstić information content (AvgIpc) is 3.37. The zero-order valence-electron chi connectivity index (χ0n) is 13.6. The molecule has 1 heterocycles. The number of fused-ring (bicyclic) bond motifs is 1. The van der Waals surface area contributed by atoms with Crippen LogP contribution in [0.15, 0.2) is 36.5 Å². The molecule has 1 fully saturated rings. The normalized spacial score (nSPS) is 13.8. The number of ether oxygens (including phenoxy) is 1. The summed E-state index contributed by atoms with van der Waals surface area (Å²) in [4.78, 5) is 15.3. The molecule has 7 heteroatoms. The van der Waals surface area contributed by atoms with Gasteiger partial charge in [-0.25, -0.2) is 8.78 Å². The molecule has 2 N–H and O–H groups in total. The molecular weight excluding hydrogens is 362 g/mol. The van der Waals surface area contributed by atoms with Gasteiger partial charge in [0.15, 0.2) is 11.6 Å². The average molecular weight is 377 g/mol. The molecule has 0 saturated heterocycles. The van der Waals surface area contributed by atoms with Crippen LogP contribution in [0.1, 0.15) is 23.2 Å². The standard InChI is InChI=1S/C19H15ClF2N2O2/c20-13-5-11(3-4-18(13)26-9-10-1-2-10)19(25)24-17-8-23-16-7-15(22)14(21)6-12(16)17/h3-8,10,23H,1-2,9H2,(H,24,25). The van der Waals surface area contributed by atoms with Gasteiger partial charge < -0.3 is 15.0 Å². The third-order valence-electron chi connectivity index (χ3n) is 4.34. The molecule has 4 rings (SSSR count). The smallest absolute Gasteiger partial charge is 0.255 e. The van der Waals surface area contributed by atoms with E-state index < -0.39 is 17.5 Å². The number of amides is 1. The Balaban J connectivity index is 1.52. The van der Waals surface area contributed by atoms with E-state index in [1.165, 1.54) is 25.1 Å². The van der Waals surface area contributed by atoms with E-state index in [0.29, 0.717) is 45.5 Å². The predicted molar refractivity (Wildman–Crippen MR) is 95.8 cm³/mol. The maximum atomic E-state index is 13.5. The fraction of sp³-hybridized carbons (Fsp3) is 0.211. The van der Waals surface area contributed by atoms with Gasteiger partial charge in [0.05, 0.1) is 22.8 Å². The van der Waals surface area contributed by atoms with Gasteiger partial charge in [-0.05, 0) is 43.0 Å². The van der Waals surface area contributed by atoms with Gasteiger partial charge in [0.25, 0.3) is 5.91 Å². The third kappa shape index (κ3) is 3.37. The number of carbonyl (C=O) groups excluding carboxylic acids is 1. The van der Waals surface area contributed by atoms with E-state index in [-0.39, 0.29) is 0 Å². The first kappa shape index (κ1) is 16.8. The lowest BCUT2D eigenvalue weighted by atomic mass is 10.2. The van der Waals surface area contributed by atoms with Gasteiger partial charge >= 0.3 is 0 Å². The first-order chi connectivity index (χ1) is 12.5. The fourth-order valence-electron chi connectivity index (χ4n) is 2.67. The molecule has 1 saturated carbocycles. The maximum absolute atomic E-state index is 13.5. The zero-order valence-corrected chi connectivity index (χ0v) is 14.4. The first-order valence-corrected chi connectivity index (χ1v) is 8.59. The van der Waals surface area contributed by atoms with Crippen LogP contribution in [0.5, 0.6) is 5.75 Å². The second-order valence-electron chi connectivity index (χ2n) is 6.37. The first-order valence-electron chi connectivity index (χ1n) is 8.21. The van der Waals surface area contributed by atoms with Gasteiger partial charge in [-0.3, -0.25) is 4.79 Å². The van der Waals surface area contributed by atoms with Gasteiger partial charge in [-0.2, -0.15) is 0 Å². The number of benzene rings is 2. The van der Waals surface area contributed by atoms with E-state index in [1.807, 2.05) is 0 Å². The van der Waals surface area contributed by atoms with Crippen LogP contribution >= 0.6 is 11.6 Å². The second-order valence-corrected chi connectivity index (χ2v) is 6.78. The summed E-state index contributed by atoms with van der Waals surface area (Å²) in [6, 6.07) is 6.87. The molecule has 0 unspecified atom stereocenters. The number of rotatable bonds is 5. The van der Waals surface area contributed by atoms with Crippen molar-refractivity contribution in [3.8, 4) is 5.75 Å². The molecule has 4 nitrogen and oxygen atoms in total. The monoisotopic (exact) mass is 376 g/mol. The molecule has 1 aliphatic carbocycles. The third-order valence-corrected chi connectivity index (χ3v) is 4.63. The SMILES string of the molecule is O=C(Nc1c[nH]c2cc(F)c(F)cc12)c1ccc(OCC2CC2)c(Cl)c1. The molecule has 26 heavy (non-hydrogen) atoms. The molecule has 1 amide bonds. The van der Waals surface area contributed by atoms with E-state index in [2.05, 4.69) is 10.3 Å². The van der Waals surface area contributed by atoms with Gasteiger partial charge in [0.1, 0.15) is 5.75 Å². The minimum absolute atomic E-state index is 0.339. The highest BCUT2D eigenvalue weighted by atomic mass is 35.5. The summed E-state index contributed by atoms with van der Waals surface area (Å²) in [5.74, 6) is -1.20. The van der Waals surface area contributed by atoms with Gasteiger partial charge in [0, 0.05) is 23.2 Å². The Labute approximate surface area is 153 Å². The second kappa shape index (κ2) is 6.61. The van der Waals surface area contributed by atoms with Gasteiger partial charge in [-0.1, -0.05) is 11.6 Å². The van der Waals surface area contributed by atoms with Crippen molar-refractivity contribution in [2.24, 2.45) is 5.92 Å². The Morgan fingerprint density at radius 2 is 2.00 bits per heavy atom. The number of carbonyl (C=O) groups is 1. The lowest BCUT2D eigenvalue weighted by Crippen LogP contribution is -2.11. The maximum Gasteiger partial charge on any atom is 0.255 e. The number of H-pyrrole nitrogens is 1. The van der Waals surface area contributed by atoms with Crippen molar-refractivity contribution in [3.63, 3.8) is 0 Å². The summed E-state index contributed by atoms with van der Waals surface area (Å²) < 4.78 is 32.4. The number of nitrogens with one attached hydrogen (secondary N) is 2. The van der Waals surface area contributed by atoms with E-state index in [4.69, 9.17) is 16.3 Å². The molecule has 0 atom stereocenters. The number of anilines is 1. The molecule has 0 bridgehead atoms. The highest BCUT2D eigenvalue weighted by Crippen LogP contribution is 2.32. The predicted octanol–water partition coefficient (Wildman–Crippen LogP) is 5.14. The number of hydrogen-bond donors (Lipinski definition) is 2. The molecule has 0 aliphatic heterocycles. The number of aromatic nitrogens is 1. The zero-order chi connectivity index (χ0) is 18.3. The minimum Gasteiger partial charge on any atom is -0.492 e. The van der Waals surface area contributed by atoms with Crippen LogP contribution in [-0.4, -0.2) is 17.5 Å². The summed E-state index contributed by atoms with van der Waals surface area (Å²) in [5.41, 5.74) is 1.08. The van der Waals surface area contributed by atoms with Crippen LogP contribution in [0.3, 0.4) is 0 Å². The van der Waals surface area contributed by atoms with Crippen LogP contribution in [0.2, 0.25) is 5.02 Å². The van der Waals surface area contributed by atoms with Crippen molar-refractivity contribution in [1.29, 1.82) is 0 Å². The van der Waals surface area contributed by atoms with Crippen LogP contribution in [0, 0.1) is 17.6 Å². The molecule has 134 valence electrons. The van der Waals surface area contributed by atoms with E-state index in [9.17, 15) is 13.6 Å². The largest absolute Gasteiger partial charge is 0.492 e. The highest BCUT2D eigenvalue weighted by Gasteiger charge is 2.22. The Morgan fingerprint density at radius 3 is 2.73 bits per heavy atom. The quantitative estimate of drug-likeness (QED) is 0.647. The summed E-state index contributed by atoms with van der Waals surface area (Å²) in [7, 11) is 0. The van der Waals surface area contributed by atoms with Crippen LogP contribution in [0.25, 0.3) is 10.9 Å². The molecule has 3 aromatic rings. The fourth-order valence-corrected chi connectivity index (χ4v) is 2.90. The lowest BCUT2D eigenvalue weighted by Gasteiger charge is -2.09. The number of aromatic amines is 1. The molecule has 0 spiro atoms. The van der Waals surface area contributed by atoms with E-state index in [1.54, 1.807) is 12.1 Å². The van der Waals surface area contributed by atoms with E-state index >= 15 is 0 Å². The Bertz CT molecular complexity index is 999. The van der Waals surface area contributed by atoms with Crippen molar-refractivity contribution in [2.75, 3.05) is 11.9 Å². The molecule has 1 aromatic heterocycles. The summed E-state index contributed by atoms with van der Waals surface area (Å²) in [5, 5.41) is 3.41. The molecular formula is C19H15ClF2N2O2. The lowest BCUT2D eigenvalue weighted by molar-refractivity contribution is 0.102. The Kier molecular flexibility index (Phi) is 4.28. The van der Waals surface area contributed by atoms with Crippen molar-refractivity contribution >= 4 is 34.1 Å².